The van der Waals surface area contributed by atoms with Gasteiger partial charge in [0.25, 0.3) is 0 Å². The van der Waals surface area contributed by atoms with E-state index in [1.807, 2.05) is 126 Å². The summed E-state index contributed by atoms with van der Waals surface area (Å²) < 4.78 is 40.0. The van der Waals surface area contributed by atoms with Gasteiger partial charge in [-0.2, -0.15) is 0 Å². The fourth-order valence-corrected chi connectivity index (χ4v) is 6.78. The van der Waals surface area contributed by atoms with Gasteiger partial charge in [0.05, 0.1) is 22.2 Å². The molecule has 0 aliphatic rings. The van der Waals surface area contributed by atoms with Gasteiger partial charge in [-0.05, 0) is 88.1 Å². The van der Waals surface area contributed by atoms with Gasteiger partial charge in [0, 0.05) is 33.4 Å². The molecule has 9 aromatic rings. The minimum atomic E-state index is -0.110. The molecule has 226 valence electrons. The van der Waals surface area contributed by atoms with Crippen molar-refractivity contribution in [2.75, 3.05) is 4.90 Å². The molecule has 1 heterocycles. The maximum atomic E-state index is 9.47. The van der Waals surface area contributed by atoms with Gasteiger partial charge in [-0.1, -0.05) is 133 Å². The number of fused-ring (bicyclic) bond motifs is 4. The largest absolute Gasteiger partial charge is 0.310 e. The Hall–Kier alpha value is -6.38. The summed E-state index contributed by atoms with van der Waals surface area (Å²) in [6.45, 7) is 0. The van der Waals surface area contributed by atoms with Crippen molar-refractivity contribution in [1.29, 1.82) is 0 Å². The van der Waals surface area contributed by atoms with Crippen LogP contribution in [0, 0.1) is 0 Å². The third-order valence-corrected chi connectivity index (χ3v) is 9.03. The van der Waals surface area contributed by atoms with Crippen LogP contribution >= 0.6 is 0 Å². The van der Waals surface area contributed by atoms with Crippen LogP contribution in [0.2, 0.25) is 0 Å². The monoisotopic (exact) mass is 616 g/mol. The first-order valence-corrected chi connectivity index (χ1v) is 16.1. The zero-order valence-corrected chi connectivity index (χ0v) is 26.1. The lowest BCUT2D eigenvalue weighted by atomic mass is 10.0. The maximum Gasteiger partial charge on any atom is 0.0645 e. The van der Waals surface area contributed by atoms with Gasteiger partial charge in [0.1, 0.15) is 0 Å². The minimum Gasteiger partial charge on any atom is -0.310 e. The Bertz CT molecular complexity index is 2760. The van der Waals surface area contributed by atoms with Gasteiger partial charge in [0.15, 0.2) is 0 Å². The maximum absolute atomic E-state index is 9.47. The average molecular weight is 617 g/mol. The van der Waals surface area contributed by atoms with Gasteiger partial charge < -0.3 is 9.47 Å². The van der Waals surface area contributed by atoms with Gasteiger partial charge in [0.2, 0.25) is 0 Å². The van der Waals surface area contributed by atoms with Gasteiger partial charge in [-0.3, -0.25) is 0 Å². The SMILES string of the molecule is [2H]c1c([2H])c(N(c2ccccc2)c2ccccc2-c2ccccc2)c([2H])c([2H])c1-c1ccc2c(c1)c1ccccc1n2-c1ccc2ccccc2c1. The van der Waals surface area contributed by atoms with E-state index in [9.17, 15) is 5.48 Å². The molecule has 0 saturated carbocycles. The first-order chi connectivity index (χ1) is 25.5. The molecule has 0 saturated heterocycles. The summed E-state index contributed by atoms with van der Waals surface area (Å²) in [5.74, 6) is 0. The normalized spacial score (nSPS) is 12.5. The van der Waals surface area contributed by atoms with E-state index in [0.29, 0.717) is 5.56 Å². The summed E-state index contributed by atoms with van der Waals surface area (Å²) in [7, 11) is 0. The Balaban J connectivity index is 1.24. The number of hydrogen-bond acceptors (Lipinski definition) is 1. The van der Waals surface area contributed by atoms with Crippen LogP contribution in [0.5, 0.6) is 0 Å². The number of anilines is 3. The molecule has 8 aromatic carbocycles. The molecular weight excluding hydrogens is 581 g/mol. The molecule has 9 rings (SSSR count). The third-order valence-electron chi connectivity index (χ3n) is 9.03. The average Bonchev–Trinajstić information content (AvgIpc) is 3.53. The van der Waals surface area contributed by atoms with Crippen molar-refractivity contribution in [3.05, 3.63) is 194 Å². The number of benzene rings is 8. The minimum absolute atomic E-state index is 0.0910. The van der Waals surface area contributed by atoms with E-state index in [1.165, 1.54) is 5.39 Å². The van der Waals surface area contributed by atoms with E-state index in [0.717, 1.165) is 55.4 Å². The van der Waals surface area contributed by atoms with Crippen LogP contribution in [0.25, 0.3) is 60.5 Å². The van der Waals surface area contributed by atoms with Crippen molar-refractivity contribution in [3.8, 4) is 27.9 Å². The van der Waals surface area contributed by atoms with Crippen LogP contribution in [0.1, 0.15) is 5.48 Å². The molecule has 0 amide bonds. The molecule has 0 aliphatic heterocycles. The molecule has 0 unspecified atom stereocenters. The quantitative estimate of drug-likeness (QED) is 0.180. The van der Waals surface area contributed by atoms with E-state index in [2.05, 4.69) is 53.1 Å². The zero-order valence-electron chi connectivity index (χ0n) is 30.1. The molecule has 0 bridgehead atoms. The summed E-state index contributed by atoms with van der Waals surface area (Å²) in [4.78, 5) is 1.85. The molecular formula is C46H32N2. The van der Waals surface area contributed by atoms with Crippen LogP contribution in [-0.4, -0.2) is 4.57 Å². The molecule has 1 aromatic heterocycles. The highest BCUT2D eigenvalue weighted by molar-refractivity contribution is 6.10. The molecule has 0 spiro atoms. The fraction of sp³-hybridized carbons (Fsp3) is 0. The van der Waals surface area contributed by atoms with E-state index in [4.69, 9.17) is 0 Å². The highest BCUT2D eigenvalue weighted by atomic mass is 15.1. The fourth-order valence-electron chi connectivity index (χ4n) is 6.78. The summed E-state index contributed by atoms with van der Waals surface area (Å²) in [5, 5.41) is 4.36. The van der Waals surface area contributed by atoms with E-state index >= 15 is 0 Å². The lowest BCUT2D eigenvalue weighted by molar-refractivity contribution is 1.19. The Morgan fingerprint density at radius 3 is 1.92 bits per heavy atom. The smallest absolute Gasteiger partial charge is 0.0645 e. The van der Waals surface area contributed by atoms with E-state index in [-0.39, 0.29) is 35.4 Å². The number of hydrogen-bond donors (Lipinski definition) is 0. The van der Waals surface area contributed by atoms with Crippen LogP contribution in [0.4, 0.5) is 17.1 Å². The number of rotatable bonds is 6. The van der Waals surface area contributed by atoms with Crippen molar-refractivity contribution in [3.63, 3.8) is 0 Å². The number of nitrogens with zero attached hydrogens (tertiary/aromatic N) is 2. The molecule has 48 heavy (non-hydrogen) atoms. The Kier molecular flexibility index (Phi) is 5.85. The molecule has 0 N–H and O–H groups in total. The first-order valence-electron chi connectivity index (χ1n) is 18.1. The van der Waals surface area contributed by atoms with Crippen molar-refractivity contribution in [1.82, 2.24) is 4.57 Å². The standard InChI is InChI=1S/C46H32N2/c1-3-14-35(15-4-1)41-19-9-11-21-44(41)47(38-17-5-2-6-18-38)39-27-23-34(24-28-39)37-26-30-46-43(32-37)42-20-10-12-22-45(42)48(46)40-29-25-33-13-7-8-16-36(33)31-40/h1-32H/i23D,24D,27D,28D. The van der Waals surface area contributed by atoms with Crippen molar-refractivity contribution in [2.45, 2.75) is 0 Å². The van der Waals surface area contributed by atoms with Crippen LogP contribution in [0.3, 0.4) is 0 Å². The molecule has 2 nitrogen and oxygen atoms in total. The molecule has 0 radical (unpaired) electrons. The lowest BCUT2D eigenvalue weighted by Gasteiger charge is -2.28. The van der Waals surface area contributed by atoms with E-state index in [1.54, 1.807) is 0 Å². The zero-order chi connectivity index (χ0) is 35.3. The summed E-state index contributed by atoms with van der Waals surface area (Å²) in [6, 6.07) is 56.2. The second kappa shape index (κ2) is 11.8. The Morgan fingerprint density at radius 1 is 0.417 bits per heavy atom. The van der Waals surface area contributed by atoms with Crippen molar-refractivity contribution < 1.29 is 5.48 Å². The predicted molar refractivity (Wildman–Crippen MR) is 204 cm³/mol. The van der Waals surface area contributed by atoms with E-state index < -0.39 is 0 Å². The van der Waals surface area contributed by atoms with Gasteiger partial charge in [-0.15, -0.1) is 0 Å². The predicted octanol–water partition coefficient (Wildman–Crippen LogP) is 12.7. The molecule has 2 heteroatoms. The topological polar surface area (TPSA) is 8.17 Å². The molecule has 0 fully saturated rings. The van der Waals surface area contributed by atoms with Crippen LogP contribution in [-0.2, 0) is 0 Å². The van der Waals surface area contributed by atoms with Crippen molar-refractivity contribution >= 4 is 49.6 Å². The van der Waals surface area contributed by atoms with Crippen LogP contribution < -0.4 is 4.90 Å². The third kappa shape index (κ3) is 4.83. The second-order valence-electron chi connectivity index (χ2n) is 11.9. The summed E-state index contributed by atoms with van der Waals surface area (Å²) in [5.41, 5.74) is 7.60. The van der Waals surface area contributed by atoms with Gasteiger partial charge in [-0.25, -0.2) is 0 Å². The molecule has 0 aliphatic carbocycles. The summed E-state index contributed by atoms with van der Waals surface area (Å²) >= 11 is 0. The Morgan fingerprint density at radius 2 is 1.08 bits per heavy atom. The number of aromatic nitrogens is 1. The molecule has 0 atom stereocenters. The van der Waals surface area contributed by atoms with Crippen molar-refractivity contribution in [2.24, 2.45) is 0 Å². The van der Waals surface area contributed by atoms with Gasteiger partial charge >= 0.3 is 0 Å². The lowest BCUT2D eigenvalue weighted by Crippen LogP contribution is -2.11. The number of para-hydroxylation sites is 3. The Labute approximate surface area is 286 Å². The highest BCUT2D eigenvalue weighted by Gasteiger charge is 2.18. The highest BCUT2D eigenvalue weighted by Crippen LogP contribution is 2.41. The van der Waals surface area contributed by atoms with Crippen LogP contribution in [0.15, 0.2) is 194 Å². The second-order valence-corrected chi connectivity index (χ2v) is 11.9. The first kappa shape index (κ1) is 23.9. The summed E-state index contributed by atoms with van der Waals surface area (Å²) in [6.07, 6.45) is 0.